The van der Waals surface area contributed by atoms with E-state index in [1.807, 2.05) is 6.92 Å². The molecule has 1 spiro atoms. The van der Waals surface area contributed by atoms with Gasteiger partial charge in [-0.3, -0.25) is 0 Å². The maximum absolute atomic E-state index is 10.3. The molecule has 5 unspecified atom stereocenters. The Morgan fingerprint density at radius 3 is 2.79 bits per heavy atom. The topological polar surface area (TPSA) is 58.9 Å². The highest BCUT2D eigenvalue weighted by Gasteiger charge is 2.64. The summed E-state index contributed by atoms with van der Waals surface area (Å²) >= 11 is 0. The van der Waals surface area contributed by atoms with Gasteiger partial charge in [0.25, 0.3) is 0 Å². The van der Waals surface area contributed by atoms with E-state index in [0.717, 1.165) is 19.3 Å². The summed E-state index contributed by atoms with van der Waals surface area (Å²) in [6, 6.07) is 0. The molecule has 0 aromatic carbocycles. The van der Waals surface area contributed by atoms with Crippen LogP contribution in [0.5, 0.6) is 0 Å². The lowest BCUT2D eigenvalue weighted by atomic mass is 9.69. The van der Waals surface area contributed by atoms with Crippen molar-refractivity contribution in [3.05, 3.63) is 0 Å². The van der Waals surface area contributed by atoms with Gasteiger partial charge in [0.1, 0.15) is 6.10 Å². The van der Waals surface area contributed by atoms with Gasteiger partial charge in [0.05, 0.1) is 19.3 Å². The number of fused-ring (bicyclic) bond motifs is 2. The van der Waals surface area contributed by atoms with E-state index in [2.05, 4.69) is 11.8 Å². The molecule has 0 aromatic rings. The van der Waals surface area contributed by atoms with E-state index in [4.69, 9.17) is 9.47 Å². The smallest absolute Gasteiger partial charge is 0.172 e. The van der Waals surface area contributed by atoms with E-state index in [-0.39, 0.29) is 17.8 Å². The molecule has 2 aliphatic carbocycles. The Labute approximate surface area is 114 Å². The van der Waals surface area contributed by atoms with Gasteiger partial charge in [-0.1, -0.05) is 25.2 Å². The summed E-state index contributed by atoms with van der Waals surface area (Å²) in [5.41, 5.74) is 0. The fourth-order valence-electron chi connectivity index (χ4n) is 3.71. The zero-order valence-electron chi connectivity index (χ0n) is 11.3. The summed E-state index contributed by atoms with van der Waals surface area (Å²) in [4.78, 5) is 0. The molecule has 3 fully saturated rings. The molecule has 1 aliphatic heterocycles. The van der Waals surface area contributed by atoms with Crippen molar-refractivity contribution in [2.24, 2.45) is 17.8 Å². The molecule has 2 N–H and O–H groups in total. The molecule has 0 amide bonds. The van der Waals surface area contributed by atoms with E-state index >= 15 is 0 Å². The summed E-state index contributed by atoms with van der Waals surface area (Å²) in [6.07, 6.45) is 2.25. The number of aliphatic hydroxyl groups excluding tert-OH is 2. The monoisotopic (exact) mass is 266 g/mol. The minimum atomic E-state index is -0.566. The third-order valence-electron chi connectivity index (χ3n) is 4.73. The summed E-state index contributed by atoms with van der Waals surface area (Å²) in [5.74, 6) is 5.98. The third-order valence-corrected chi connectivity index (χ3v) is 4.73. The van der Waals surface area contributed by atoms with Crippen molar-refractivity contribution in [1.82, 2.24) is 0 Å². The fraction of sp³-hybridized carbons (Fsp3) is 0.867. The van der Waals surface area contributed by atoms with Crippen LogP contribution in [-0.4, -0.2) is 41.4 Å². The second-order valence-electron chi connectivity index (χ2n) is 5.91. The van der Waals surface area contributed by atoms with E-state index in [1.54, 1.807) is 0 Å². The van der Waals surface area contributed by atoms with Gasteiger partial charge in [0, 0.05) is 18.3 Å². The molecule has 0 aromatic heterocycles. The van der Waals surface area contributed by atoms with Crippen LogP contribution in [0.25, 0.3) is 0 Å². The lowest BCUT2D eigenvalue weighted by molar-refractivity contribution is -0.275. The fourth-order valence-corrected chi connectivity index (χ4v) is 3.71. The molecular formula is C15H22O4. The summed E-state index contributed by atoms with van der Waals surface area (Å²) < 4.78 is 11.4. The van der Waals surface area contributed by atoms with Crippen LogP contribution in [0.15, 0.2) is 0 Å². The van der Waals surface area contributed by atoms with Gasteiger partial charge >= 0.3 is 0 Å². The number of hydrogen-bond acceptors (Lipinski definition) is 4. The van der Waals surface area contributed by atoms with E-state index < -0.39 is 18.0 Å². The SMILES string of the molecule is CCCC(O)C#CC1CC2C(CC23OCCO3)C1O. The highest BCUT2D eigenvalue weighted by Crippen LogP contribution is 2.58. The van der Waals surface area contributed by atoms with E-state index in [1.165, 1.54) is 0 Å². The van der Waals surface area contributed by atoms with Gasteiger partial charge in [0.2, 0.25) is 0 Å². The second-order valence-corrected chi connectivity index (χ2v) is 5.91. The summed E-state index contributed by atoms with van der Waals surface area (Å²) in [7, 11) is 0. The van der Waals surface area contributed by atoms with Gasteiger partial charge in [0.15, 0.2) is 5.79 Å². The highest BCUT2D eigenvalue weighted by atomic mass is 16.7. The minimum Gasteiger partial charge on any atom is -0.392 e. The second kappa shape index (κ2) is 5.06. The normalized spacial score (nSPS) is 40.4. The lowest BCUT2D eigenvalue weighted by Crippen LogP contribution is -2.54. The molecule has 3 aliphatic rings. The van der Waals surface area contributed by atoms with Gasteiger partial charge in [-0.25, -0.2) is 0 Å². The first kappa shape index (κ1) is 13.4. The first-order valence-corrected chi connectivity index (χ1v) is 7.31. The molecule has 4 heteroatoms. The molecule has 3 rings (SSSR count). The maximum atomic E-state index is 10.3. The first-order valence-electron chi connectivity index (χ1n) is 7.31. The Balaban J connectivity index is 1.63. The minimum absolute atomic E-state index is 0.0475. The molecule has 19 heavy (non-hydrogen) atoms. The standard InChI is InChI=1S/C15H22O4/c1-2-3-11(16)5-4-10-8-13-12(14(10)17)9-15(13)18-6-7-19-15/h10-14,16-17H,2-3,6-9H2,1H3. The third kappa shape index (κ3) is 2.19. The van der Waals surface area contributed by atoms with Crippen LogP contribution in [0.3, 0.4) is 0 Å². The lowest BCUT2D eigenvalue weighted by Gasteiger charge is -2.48. The van der Waals surface area contributed by atoms with Crippen molar-refractivity contribution < 1.29 is 19.7 Å². The van der Waals surface area contributed by atoms with Crippen LogP contribution in [0.4, 0.5) is 0 Å². The number of aliphatic hydroxyl groups is 2. The Morgan fingerprint density at radius 2 is 2.11 bits per heavy atom. The zero-order valence-corrected chi connectivity index (χ0v) is 11.3. The Hall–Kier alpha value is -0.600. The molecule has 2 saturated carbocycles. The number of hydrogen-bond donors (Lipinski definition) is 2. The van der Waals surface area contributed by atoms with Crippen molar-refractivity contribution >= 4 is 0 Å². The highest BCUT2D eigenvalue weighted by molar-refractivity contribution is 5.18. The molecule has 1 heterocycles. The molecule has 0 radical (unpaired) electrons. The van der Waals surface area contributed by atoms with Crippen LogP contribution in [-0.2, 0) is 9.47 Å². The average Bonchev–Trinajstić information content (AvgIpc) is 2.94. The van der Waals surface area contributed by atoms with Crippen LogP contribution >= 0.6 is 0 Å². The van der Waals surface area contributed by atoms with Crippen molar-refractivity contribution in [3.63, 3.8) is 0 Å². The molecule has 1 saturated heterocycles. The van der Waals surface area contributed by atoms with Crippen LogP contribution in [0, 0.1) is 29.6 Å². The molecular weight excluding hydrogens is 244 g/mol. The maximum Gasteiger partial charge on any atom is 0.172 e. The molecule has 4 nitrogen and oxygen atoms in total. The summed E-state index contributed by atoms with van der Waals surface area (Å²) in [5, 5.41) is 19.9. The molecule has 0 bridgehead atoms. The quantitative estimate of drug-likeness (QED) is 0.729. The zero-order chi connectivity index (χ0) is 13.5. The van der Waals surface area contributed by atoms with Gasteiger partial charge in [-0.15, -0.1) is 0 Å². The van der Waals surface area contributed by atoms with Crippen molar-refractivity contribution in [2.75, 3.05) is 13.2 Å². The Morgan fingerprint density at radius 1 is 1.37 bits per heavy atom. The predicted molar refractivity (Wildman–Crippen MR) is 69.0 cm³/mol. The summed E-state index contributed by atoms with van der Waals surface area (Å²) in [6.45, 7) is 3.34. The Bertz CT molecular complexity index is 391. The molecule has 5 atom stereocenters. The molecule has 106 valence electrons. The van der Waals surface area contributed by atoms with Crippen LogP contribution in [0.2, 0.25) is 0 Å². The number of rotatable bonds is 2. The van der Waals surface area contributed by atoms with E-state index in [0.29, 0.717) is 19.6 Å². The van der Waals surface area contributed by atoms with Gasteiger partial charge < -0.3 is 19.7 Å². The first-order chi connectivity index (χ1) is 9.16. The Kier molecular flexibility index (Phi) is 3.57. The van der Waals surface area contributed by atoms with Gasteiger partial charge in [-0.05, 0) is 18.8 Å². The van der Waals surface area contributed by atoms with Crippen molar-refractivity contribution in [1.29, 1.82) is 0 Å². The van der Waals surface area contributed by atoms with Crippen molar-refractivity contribution in [2.45, 2.75) is 50.6 Å². The number of ether oxygens (including phenoxy) is 2. The van der Waals surface area contributed by atoms with E-state index in [9.17, 15) is 10.2 Å². The van der Waals surface area contributed by atoms with Crippen molar-refractivity contribution in [3.8, 4) is 11.8 Å². The average molecular weight is 266 g/mol. The van der Waals surface area contributed by atoms with Gasteiger partial charge in [-0.2, -0.15) is 0 Å². The predicted octanol–water partition coefficient (Wildman–Crippen LogP) is 0.911. The van der Waals surface area contributed by atoms with Crippen LogP contribution < -0.4 is 0 Å². The van der Waals surface area contributed by atoms with Crippen LogP contribution in [0.1, 0.15) is 32.6 Å². The largest absolute Gasteiger partial charge is 0.392 e.